The van der Waals surface area contributed by atoms with Crippen LogP contribution in [0.4, 0.5) is 4.79 Å². The molecule has 0 radical (unpaired) electrons. The zero-order chi connectivity index (χ0) is 17.8. The first-order valence-corrected chi connectivity index (χ1v) is 9.31. The van der Waals surface area contributed by atoms with Crippen molar-refractivity contribution in [3.05, 3.63) is 0 Å². The summed E-state index contributed by atoms with van der Waals surface area (Å²) in [5.74, 6) is 0.269. The van der Waals surface area contributed by atoms with Crippen LogP contribution in [0.25, 0.3) is 0 Å². The molecule has 0 unspecified atom stereocenters. The molecule has 24 heavy (non-hydrogen) atoms. The van der Waals surface area contributed by atoms with Crippen molar-refractivity contribution in [1.29, 1.82) is 0 Å². The molecular weight excluding hydrogens is 330 g/mol. The lowest BCUT2D eigenvalue weighted by atomic mass is 9.97. The molecule has 1 aliphatic rings. The number of carbonyl (C=O) groups excluding carboxylic acids is 2. The number of amides is 1. The molecule has 1 aliphatic carbocycles. The van der Waals surface area contributed by atoms with Crippen LogP contribution in [0.1, 0.15) is 46.0 Å². The number of hydrogen-bond acceptors (Lipinski definition) is 6. The summed E-state index contributed by atoms with van der Waals surface area (Å²) in [4.78, 5) is 23.0. The molecule has 7 heteroatoms. The third-order valence-electron chi connectivity index (χ3n) is 3.94. The average Bonchev–Trinajstić information content (AvgIpc) is 2.55. The fraction of sp³-hybridized carbons (Fsp3) is 0.882. The maximum Gasteiger partial charge on any atom is 0.407 e. The molecule has 0 spiro atoms. The molecule has 140 valence electrons. The van der Waals surface area contributed by atoms with Crippen molar-refractivity contribution in [2.24, 2.45) is 5.92 Å². The Kier molecular flexibility index (Phi) is 11.1. The van der Waals surface area contributed by atoms with E-state index in [4.69, 9.17) is 14.2 Å². The Morgan fingerprint density at radius 2 is 1.67 bits per heavy atom. The topological polar surface area (TPSA) is 73.9 Å². The number of ether oxygens (including phenoxy) is 3. The van der Waals surface area contributed by atoms with E-state index in [0.717, 1.165) is 25.7 Å². The Morgan fingerprint density at radius 1 is 1.04 bits per heavy atom. The van der Waals surface area contributed by atoms with Gasteiger partial charge in [-0.3, -0.25) is 4.79 Å². The molecule has 0 aromatic rings. The molecule has 1 fully saturated rings. The Bertz CT molecular complexity index is 370. The number of thiol groups is 1. The summed E-state index contributed by atoms with van der Waals surface area (Å²) < 4.78 is 16.0. The van der Waals surface area contributed by atoms with Crippen molar-refractivity contribution in [3.63, 3.8) is 0 Å². The van der Waals surface area contributed by atoms with E-state index in [1.54, 1.807) is 0 Å². The van der Waals surface area contributed by atoms with Crippen molar-refractivity contribution in [1.82, 2.24) is 5.32 Å². The maximum absolute atomic E-state index is 11.6. The van der Waals surface area contributed by atoms with Crippen molar-refractivity contribution in [2.75, 3.05) is 33.0 Å². The summed E-state index contributed by atoms with van der Waals surface area (Å²) in [5, 5.41) is 3.12. The quantitative estimate of drug-likeness (QED) is 0.437. The van der Waals surface area contributed by atoms with E-state index in [9.17, 15) is 9.59 Å². The molecule has 6 nitrogen and oxygen atoms in total. The molecule has 0 bridgehead atoms. The van der Waals surface area contributed by atoms with Crippen LogP contribution in [0, 0.1) is 5.92 Å². The minimum Gasteiger partial charge on any atom is -0.446 e. The van der Waals surface area contributed by atoms with E-state index in [2.05, 4.69) is 17.9 Å². The predicted molar refractivity (Wildman–Crippen MR) is 95.6 cm³/mol. The third-order valence-corrected chi connectivity index (χ3v) is 4.46. The van der Waals surface area contributed by atoms with E-state index in [0.29, 0.717) is 44.6 Å². The number of ketones is 1. The first-order valence-electron chi connectivity index (χ1n) is 8.79. The van der Waals surface area contributed by atoms with Gasteiger partial charge in [0.15, 0.2) is 0 Å². The van der Waals surface area contributed by atoms with Gasteiger partial charge >= 0.3 is 6.09 Å². The van der Waals surface area contributed by atoms with Gasteiger partial charge in [0.2, 0.25) is 0 Å². The van der Waals surface area contributed by atoms with Gasteiger partial charge < -0.3 is 19.5 Å². The molecule has 0 heterocycles. The number of alkyl carbamates (subject to hydrolysis) is 1. The van der Waals surface area contributed by atoms with E-state index in [1.807, 2.05) is 13.8 Å². The van der Waals surface area contributed by atoms with Gasteiger partial charge in [0.1, 0.15) is 11.9 Å². The number of Topliss-reactive ketones (excluding diaryl/α,β-unsaturated/α-hetero) is 1. The first-order chi connectivity index (χ1) is 11.5. The summed E-state index contributed by atoms with van der Waals surface area (Å²) in [6.45, 7) is 5.91. The highest BCUT2D eigenvalue weighted by Crippen LogP contribution is 2.24. The van der Waals surface area contributed by atoms with Crippen molar-refractivity contribution < 1.29 is 23.8 Å². The average molecular weight is 362 g/mol. The number of nitrogens with one attached hydrogen (secondary N) is 1. The van der Waals surface area contributed by atoms with Crippen LogP contribution in [0.3, 0.4) is 0 Å². The molecule has 0 aliphatic heterocycles. The standard InChI is InChI=1S/C17H31NO5S/c1-13(2)16(19)7-9-21-11-12-22-10-8-18-17(20)23-14-3-5-15(24)6-4-14/h13-15,24H,3-12H2,1-2H3,(H,18,20). The molecule has 1 saturated carbocycles. The van der Waals surface area contributed by atoms with Gasteiger partial charge in [0.25, 0.3) is 0 Å². The van der Waals surface area contributed by atoms with Crippen LogP contribution in [-0.2, 0) is 19.0 Å². The number of hydrogen-bond donors (Lipinski definition) is 2. The van der Waals surface area contributed by atoms with Crippen LogP contribution in [-0.4, -0.2) is 56.2 Å². The fourth-order valence-corrected chi connectivity index (χ4v) is 2.66. The number of rotatable bonds is 11. The molecule has 0 aromatic carbocycles. The summed E-state index contributed by atoms with van der Waals surface area (Å²) in [6, 6.07) is 0. The van der Waals surface area contributed by atoms with Crippen LogP contribution >= 0.6 is 12.6 Å². The highest BCUT2D eigenvalue weighted by atomic mass is 32.1. The summed E-state index contributed by atoms with van der Waals surface area (Å²) in [5.41, 5.74) is 0. The third kappa shape index (κ3) is 10.2. The van der Waals surface area contributed by atoms with E-state index >= 15 is 0 Å². The van der Waals surface area contributed by atoms with Gasteiger partial charge in [-0.05, 0) is 25.7 Å². The summed E-state index contributed by atoms with van der Waals surface area (Å²) in [7, 11) is 0. The monoisotopic (exact) mass is 361 g/mol. The van der Waals surface area contributed by atoms with Crippen LogP contribution in [0.5, 0.6) is 0 Å². The van der Waals surface area contributed by atoms with Crippen molar-refractivity contribution in [2.45, 2.75) is 57.3 Å². The van der Waals surface area contributed by atoms with Gasteiger partial charge in [-0.25, -0.2) is 4.79 Å². The lowest BCUT2D eigenvalue weighted by molar-refractivity contribution is -0.123. The van der Waals surface area contributed by atoms with Gasteiger partial charge in [0, 0.05) is 24.1 Å². The molecule has 1 rings (SSSR count). The van der Waals surface area contributed by atoms with Crippen LogP contribution in [0.2, 0.25) is 0 Å². The van der Waals surface area contributed by atoms with Crippen LogP contribution in [0.15, 0.2) is 0 Å². The van der Waals surface area contributed by atoms with E-state index in [-0.39, 0.29) is 23.9 Å². The zero-order valence-corrected chi connectivity index (χ0v) is 15.7. The van der Waals surface area contributed by atoms with Crippen molar-refractivity contribution >= 4 is 24.5 Å². The molecule has 1 N–H and O–H groups in total. The zero-order valence-electron chi connectivity index (χ0n) is 14.8. The minimum atomic E-state index is -0.385. The van der Waals surface area contributed by atoms with Crippen molar-refractivity contribution in [3.8, 4) is 0 Å². The maximum atomic E-state index is 11.6. The predicted octanol–water partition coefficient (Wildman–Crippen LogP) is 2.60. The Morgan fingerprint density at radius 3 is 2.29 bits per heavy atom. The highest BCUT2D eigenvalue weighted by Gasteiger charge is 2.21. The Balaban J connectivity index is 1.87. The fourth-order valence-electron chi connectivity index (χ4n) is 2.36. The molecular formula is C17H31NO5S. The largest absolute Gasteiger partial charge is 0.446 e. The lowest BCUT2D eigenvalue weighted by Gasteiger charge is -2.25. The molecule has 0 atom stereocenters. The second-order valence-corrected chi connectivity index (χ2v) is 7.09. The minimum absolute atomic E-state index is 0.0104. The first kappa shape index (κ1) is 21.3. The number of carbonyl (C=O) groups is 2. The van der Waals surface area contributed by atoms with Gasteiger partial charge in [-0.15, -0.1) is 0 Å². The molecule has 0 saturated heterocycles. The highest BCUT2D eigenvalue weighted by molar-refractivity contribution is 7.80. The Labute approximate surface area is 150 Å². The second-order valence-electron chi connectivity index (χ2n) is 6.36. The second kappa shape index (κ2) is 12.6. The Hall–Kier alpha value is -0.790. The van der Waals surface area contributed by atoms with Gasteiger partial charge in [-0.2, -0.15) is 12.6 Å². The smallest absolute Gasteiger partial charge is 0.407 e. The van der Waals surface area contributed by atoms with E-state index in [1.165, 1.54) is 0 Å². The van der Waals surface area contributed by atoms with E-state index < -0.39 is 0 Å². The normalized spacial score (nSPS) is 20.8. The molecule has 0 aromatic heterocycles. The van der Waals surface area contributed by atoms with Gasteiger partial charge in [-0.1, -0.05) is 13.8 Å². The van der Waals surface area contributed by atoms with Gasteiger partial charge in [0.05, 0.1) is 26.4 Å². The summed E-state index contributed by atoms with van der Waals surface area (Å²) >= 11 is 4.42. The summed E-state index contributed by atoms with van der Waals surface area (Å²) in [6.07, 6.45) is 3.82. The SMILES string of the molecule is CC(C)C(=O)CCOCCOCCNC(=O)OC1CCC(S)CC1. The lowest BCUT2D eigenvalue weighted by Crippen LogP contribution is -2.33. The van der Waals surface area contributed by atoms with Crippen LogP contribution < -0.4 is 5.32 Å². The molecule has 1 amide bonds.